The predicted molar refractivity (Wildman–Crippen MR) is 58.4 cm³/mol. The van der Waals surface area contributed by atoms with Crippen molar-refractivity contribution in [1.82, 2.24) is 0 Å². The Morgan fingerprint density at radius 3 is 2.29 bits per heavy atom. The highest BCUT2D eigenvalue weighted by Gasteiger charge is 2.72. The summed E-state index contributed by atoms with van der Waals surface area (Å²) in [5, 5.41) is 9.46. The van der Waals surface area contributed by atoms with Crippen LogP contribution in [0.1, 0.15) is 33.6 Å². The molecule has 2 rings (SSSR count). The van der Waals surface area contributed by atoms with Gasteiger partial charge in [-0.3, -0.25) is 9.59 Å². The molecule has 2 fully saturated rings. The summed E-state index contributed by atoms with van der Waals surface area (Å²) in [6, 6.07) is 0. The molecule has 5 heteroatoms. The van der Waals surface area contributed by atoms with Gasteiger partial charge < -0.3 is 14.6 Å². The number of carboxylic acids is 1. The average Bonchev–Trinajstić information content (AvgIpc) is 2.82. The maximum atomic E-state index is 12.1. The lowest BCUT2D eigenvalue weighted by atomic mass is 9.57. The summed E-state index contributed by atoms with van der Waals surface area (Å²) in [7, 11) is 0. The second-order valence-electron chi connectivity index (χ2n) is 5.12. The molecular weight excluding hydrogens is 224 g/mol. The lowest BCUT2D eigenvalue weighted by Crippen LogP contribution is -2.56. The van der Waals surface area contributed by atoms with Crippen molar-refractivity contribution in [3.05, 3.63) is 0 Å². The number of hydrogen-bond donors (Lipinski definition) is 1. The highest BCUT2D eigenvalue weighted by atomic mass is 16.6. The van der Waals surface area contributed by atoms with Crippen molar-refractivity contribution in [3.8, 4) is 0 Å². The lowest BCUT2D eigenvalue weighted by molar-refractivity contribution is -0.175. The Bertz CT molecular complexity index is 366. The van der Waals surface area contributed by atoms with Gasteiger partial charge in [0, 0.05) is 0 Å². The smallest absolute Gasteiger partial charge is 0.315 e. The number of esters is 1. The average molecular weight is 242 g/mol. The van der Waals surface area contributed by atoms with Gasteiger partial charge in [-0.2, -0.15) is 0 Å². The Morgan fingerprint density at radius 1 is 1.29 bits per heavy atom. The van der Waals surface area contributed by atoms with Crippen LogP contribution in [0.3, 0.4) is 0 Å². The second-order valence-corrected chi connectivity index (χ2v) is 5.12. The van der Waals surface area contributed by atoms with E-state index in [2.05, 4.69) is 0 Å². The van der Waals surface area contributed by atoms with Crippen LogP contribution >= 0.6 is 0 Å². The highest BCUT2D eigenvalue weighted by Crippen LogP contribution is 2.60. The summed E-state index contributed by atoms with van der Waals surface area (Å²) in [4.78, 5) is 23.7. The SMILES string of the molecule is CCOC(=O)C1(C)C2CCC(O2)C1(C)C(=O)O. The molecule has 2 aliphatic heterocycles. The van der Waals surface area contributed by atoms with Gasteiger partial charge in [0.2, 0.25) is 0 Å². The summed E-state index contributed by atoms with van der Waals surface area (Å²) in [5.74, 6) is -1.45. The van der Waals surface area contributed by atoms with Crippen LogP contribution in [0.4, 0.5) is 0 Å². The zero-order valence-electron chi connectivity index (χ0n) is 10.4. The zero-order valence-corrected chi connectivity index (χ0v) is 10.4. The molecule has 0 aliphatic carbocycles. The number of carbonyl (C=O) groups is 2. The van der Waals surface area contributed by atoms with E-state index in [0.29, 0.717) is 6.42 Å². The summed E-state index contributed by atoms with van der Waals surface area (Å²) in [5.41, 5.74) is -2.28. The second kappa shape index (κ2) is 3.70. The Morgan fingerprint density at radius 2 is 1.82 bits per heavy atom. The summed E-state index contributed by atoms with van der Waals surface area (Å²) >= 11 is 0. The third-order valence-electron chi connectivity index (χ3n) is 4.53. The van der Waals surface area contributed by atoms with Crippen LogP contribution in [0.5, 0.6) is 0 Å². The maximum absolute atomic E-state index is 12.1. The van der Waals surface area contributed by atoms with Crippen molar-refractivity contribution in [2.24, 2.45) is 10.8 Å². The van der Waals surface area contributed by atoms with E-state index in [-0.39, 0.29) is 18.8 Å². The number of aliphatic carboxylic acids is 1. The molecule has 0 amide bonds. The largest absolute Gasteiger partial charge is 0.481 e. The molecule has 17 heavy (non-hydrogen) atoms. The number of hydrogen-bond acceptors (Lipinski definition) is 4. The van der Waals surface area contributed by atoms with Crippen molar-refractivity contribution < 1.29 is 24.2 Å². The van der Waals surface area contributed by atoms with Gasteiger partial charge in [0.15, 0.2) is 0 Å². The third-order valence-corrected chi connectivity index (χ3v) is 4.53. The Balaban J connectivity index is 2.43. The Kier molecular flexibility index (Phi) is 2.69. The van der Waals surface area contributed by atoms with Crippen LogP contribution < -0.4 is 0 Å². The van der Waals surface area contributed by atoms with E-state index in [9.17, 15) is 14.7 Å². The molecule has 0 spiro atoms. The third kappa shape index (κ3) is 1.29. The van der Waals surface area contributed by atoms with E-state index >= 15 is 0 Å². The van der Waals surface area contributed by atoms with Crippen LogP contribution in [-0.2, 0) is 19.1 Å². The van der Waals surface area contributed by atoms with E-state index in [4.69, 9.17) is 9.47 Å². The fraction of sp³-hybridized carbons (Fsp3) is 0.833. The van der Waals surface area contributed by atoms with E-state index < -0.39 is 22.8 Å². The maximum Gasteiger partial charge on any atom is 0.315 e. The first-order valence-corrected chi connectivity index (χ1v) is 5.95. The molecule has 0 radical (unpaired) electrons. The summed E-state index contributed by atoms with van der Waals surface area (Å²) in [6.07, 6.45) is 0.692. The fourth-order valence-electron chi connectivity index (χ4n) is 3.14. The van der Waals surface area contributed by atoms with Crippen molar-refractivity contribution in [1.29, 1.82) is 0 Å². The van der Waals surface area contributed by atoms with Crippen molar-refractivity contribution in [2.75, 3.05) is 6.61 Å². The molecule has 2 aliphatic rings. The molecule has 0 saturated carbocycles. The molecule has 0 aromatic heterocycles. The Hall–Kier alpha value is -1.10. The van der Waals surface area contributed by atoms with Crippen molar-refractivity contribution in [3.63, 3.8) is 0 Å². The highest BCUT2D eigenvalue weighted by molar-refractivity contribution is 5.89. The molecule has 4 unspecified atom stereocenters. The van der Waals surface area contributed by atoms with Gasteiger partial charge in [0.1, 0.15) is 10.8 Å². The van der Waals surface area contributed by atoms with Crippen molar-refractivity contribution >= 4 is 11.9 Å². The van der Waals surface area contributed by atoms with Gasteiger partial charge in [0.05, 0.1) is 18.8 Å². The van der Waals surface area contributed by atoms with Gasteiger partial charge >= 0.3 is 11.9 Å². The van der Waals surface area contributed by atoms with Crippen LogP contribution in [-0.4, -0.2) is 35.9 Å². The number of ether oxygens (including phenoxy) is 2. The first-order chi connectivity index (χ1) is 7.89. The molecule has 2 bridgehead atoms. The standard InChI is InChI=1S/C12H18O5/c1-4-16-10(15)12(3)8-6-5-7(17-8)11(12,2)9(13)14/h7-8H,4-6H2,1-3H3,(H,13,14). The lowest BCUT2D eigenvalue weighted by Gasteiger charge is -2.41. The topological polar surface area (TPSA) is 72.8 Å². The predicted octanol–water partition coefficient (Wildman–Crippen LogP) is 1.21. The van der Waals surface area contributed by atoms with Gasteiger partial charge in [-0.05, 0) is 33.6 Å². The molecule has 0 aromatic carbocycles. The van der Waals surface area contributed by atoms with E-state index in [1.54, 1.807) is 20.8 Å². The minimum atomic E-state index is -1.19. The molecular formula is C12H18O5. The van der Waals surface area contributed by atoms with Gasteiger partial charge in [-0.25, -0.2) is 0 Å². The minimum Gasteiger partial charge on any atom is -0.481 e. The quantitative estimate of drug-likeness (QED) is 0.753. The number of rotatable bonds is 3. The number of carbonyl (C=O) groups excluding carboxylic acids is 1. The molecule has 2 heterocycles. The Labute approximate surface area is 100 Å². The van der Waals surface area contributed by atoms with Crippen LogP contribution in [0, 0.1) is 10.8 Å². The van der Waals surface area contributed by atoms with Gasteiger partial charge in [-0.15, -0.1) is 0 Å². The molecule has 4 atom stereocenters. The van der Waals surface area contributed by atoms with Gasteiger partial charge in [-0.1, -0.05) is 0 Å². The summed E-state index contributed by atoms with van der Waals surface area (Å²) < 4.78 is 10.7. The van der Waals surface area contributed by atoms with E-state index in [1.165, 1.54) is 0 Å². The normalized spacial score (nSPS) is 43.7. The van der Waals surface area contributed by atoms with Crippen LogP contribution in [0.25, 0.3) is 0 Å². The monoisotopic (exact) mass is 242 g/mol. The van der Waals surface area contributed by atoms with Crippen LogP contribution in [0.2, 0.25) is 0 Å². The van der Waals surface area contributed by atoms with Crippen LogP contribution in [0.15, 0.2) is 0 Å². The molecule has 2 saturated heterocycles. The molecule has 5 nitrogen and oxygen atoms in total. The number of fused-ring (bicyclic) bond motifs is 2. The first-order valence-electron chi connectivity index (χ1n) is 5.95. The summed E-state index contributed by atoms with van der Waals surface area (Å²) in [6.45, 7) is 5.22. The van der Waals surface area contributed by atoms with Gasteiger partial charge in [0.25, 0.3) is 0 Å². The molecule has 96 valence electrons. The molecule has 1 N–H and O–H groups in total. The molecule has 0 aromatic rings. The van der Waals surface area contributed by atoms with E-state index in [0.717, 1.165) is 6.42 Å². The fourth-order valence-corrected chi connectivity index (χ4v) is 3.14. The first kappa shape index (κ1) is 12.4. The van der Waals surface area contributed by atoms with E-state index in [1.807, 2.05) is 0 Å². The number of carboxylic acid groups (broad SMARTS) is 1. The van der Waals surface area contributed by atoms with Crippen molar-refractivity contribution in [2.45, 2.75) is 45.8 Å². The zero-order chi connectivity index (χ0) is 12.8. The minimum absolute atomic E-state index is 0.251.